The molecule has 0 rings (SSSR count). The summed E-state index contributed by atoms with van der Waals surface area (Å²) in [5.74, 6) is 2.41. The minimum absolute atomic E-state index is 0.158. The van der Waals surface area contributed by atoms with Gasteiger partial charge in [-0.2, -0.15) is 11.8 Å². The number of hydrogen-bond acceptors (Lipinski definition) is 4. The van der Waals surface area contributed by atoms with Crippen molar-refractivity contribution in [3.05, 3.63) is 0 Å². The van der Waals surface area contributed by atoms with Gasteiger partial charge < -0.3 is 10.1 Å². The van der Waals surface area contributed by atoms with Gasteiger partial charge in [-0.1, -0.05) is 13.8 Å². The second-order valence-corrected chi connectivity index (χ2v) is 5.64. The Bertz CT molecular complexity index is 209. The van der Waals surface area contributed by atoms with Crippen LogP contribution in [0.3, 0.4) is 0 Å². The number of carbonyl (C=O) groups excluding carboxylic acids is 1. The number of likely N-dealkylation sites (N-methyl/N-ethyl adjacent to an activating group) is 1. The van der Waals surface area contributed by atoms with Crippen LogP contribution in [0.25, 0.3) is 0 Å². The lowest BCUT2D eigenvalue weighted by Crippen LogP contribution is -2.51. The first-order valence-electron chi connectivity index (χ1n) is 5.90. The number of esters is 1. The van der Waals surface area contributed by atoms with Crippen molar-refractivity contribution in [2.45, 2.75) is 39.7 Å². The number of nitrogens with one attached hydrogen (secondary N) is 1. The van der Waals surface area contributed by atoms with Crippen LogP contribution < -0.4 is 5.32 Å². The van der Waals surface area contributed by atoms with E-state index in [2.05, 4.69) is 19.2 Å². The van der Waals surface area contributed by atoms with Crippen molar-refractivity contribution < 1.29 is 9.53 Å². The maximum absolute atomic E-state index is 11.7. The van der Waals surface area contributed by atoms with Gasteiger partial charge in [-0.15, -0.1) is 0 Å². The van der Waals surface area contributed by atoms with Crippen molar-refractivity contribution in [3.8, 4) is 0 Å². The van der Waals surface area contributed by atoms with E-state index in [-0.39, 0.29) is 5.97 Å². The molecule has 3 nitrogen and oxygen atoms in total. The van der Waals surface area contributed by atoms with Crippen LogP contribution in [0.5, 0.6) is 0 Å². The van der Waals surface area contributed by atoms with Gasteiger partial charge in [0, 0.05) is 5.75 Å². The number of rotatable bonds is 8. The maximum Gasteiger partial charge on any atom is 0.326 e. The smallest absolute Gasteiger partial charge is 0.326 e. The Morgan fingerprint density at radius 1 is 1.50 bits per heavy atom. The van der Waals surface area contributed by atoms with Gasteiger partial charge >= 0.3 is 5.97 Å². The summed E-state index contributed by atoms with van der Waals surface area (Å²) in [6.07, 6.45) is 1.19. The highest BCUT2D eigenvalue weighted by Gasteiger charge is 2.32. The van der Waals surface area contributed by atoms with Crippen LogP contribution >= 0.6 is 11.8 Å². The summed E-state index contributed by atoms with van der Waals surface area (Å²) in [5, 5.41) is 3.06. The van der Waals surface area contributed by atoms with Crippen LogP contribution in [-0.4, -0.2) is 36.7 Å². The molecule has 0 aromatic carbocycles. The zero-order valence-electron chi connectivity index (χ0n) is 11.1. The predicted molar refractivity (Wildman–Crippen MR) is 70.9 cm³/mol. The molecule has 1 unspecified atom stereocenters. The molecule has 0 aliphatic rings. The molecule has 96 valence electrons. The van der Waals surface area contributed by atoms with E-state index >= 15 is 0 Å². The Kier molecular flexibility index (Phi) is 7.85. The van der Waals surface area contributed by atoms with E-state index in [4.69, 9.17) is 4.74 Å². The fourth-order valence-corrected chi connectivity index (χ4v) is 2.57. The molecule has 0 saturated carbocycles. The van der Waals surface area contributed by atoms with Gasteiger partial charge in [-0.3, -0.25) is 4.79 Å². The van der Waals surface area contributed by atoms with Gasteiger partial charge in [0.2, 0.25) is 0 Å². The third kappa shape index (κ3) is 5.75. The van der Waals surface area contributed by atoms with Crippen molar-refractivity contribution in [1.29, 1.82) is 0 Å². The second-order valence-electron chi connectivity index (χ2n) is 4.54. The van der Waals surface area contributed by atoms with Crippen LogP contribution in [0, 0.1) is 5.92 Å². The quantitative estimate of drug-likeness (QED) is 0.528. The molecular formula is C12H25NO2S. The second kappa shape index (κ2) is 7.96. The molecule has 0 saturated heterocycles. The fraction of sp³-hybridized carbons (Fsp3) is 0.917. The molecule has 0 spiro atoms. The van der Waals surface area contributed by atoms with Gasteiger partial charge in [0.05, 0.1) is 6.61 Å². The summed E-state index contributed by atoms with van der Waals surface area (Å²) in [5.41, 5.74) is -0.558. The molecule has 0 bridgehead atoms. The van der Waals surface area contributed by atoms with E-state index in [9.17, 15) is 4.79 Å². The van der Waals surface area contributed by atoms with Crippen molar-refractivity contribution in [2.75, 3.05) is 25.2 Å². The molecule has 0 aliphatic heterocycles. The van der Waals surface area contributed by atoms with Crippen molar-refractivity contribution in [3.63, 3.8) is 0 Å². The number of thioether (sulfide) groups is 1. The number of ether oxygens (including phenoxy) is 1. The highest BCUT2D eigenvalue weighted by Crippen LogP contribution is 2.17. The zero-order chi connectivity index (χ0) is 12.6. The summed E-state index contributed by atoms with van der Waals surface area (Å²) in [6, 6.07) is 0. The van der Waals surface area contributed by atoms with Crippen LogP contribution in [0.15, 0.2) is 0 Å². The van der Waals surface area contributed by atoms with E-state index in [0.717, 1.165) is 17.4 Å². The largest absolute Gasteiger partial charge is 0.465 e. The van der Waals surface area contributed by atoms with E-state index in [1.54, 1.807) is 18.8 Å². The highest BCUT2D eigenvalue weighted by molar-refractivity contribution is 7.99. The number of carbonyl (C=O) groups is 1. The van der Waals surface area contributed by atoms with Gasteiger partial charge in [0.1, 0.15) is 5.54 Å². The predicted octanol–water partition coefficient (Wildman–Crippen LogP) is 2.31. The molecule has 0 aromatic heterocycles. The summed E-state index contributed by atoms with van der Waals surface area (Å²) in [7, 11) is 1.81. The van der Waals surface area contributed by atoms with E-state index in [1.807, 2.05) is 13.8 Å². The van der Waals surface area contributed by atoms with Crippen LogP contribution in [-0.2, 0) is 9.53 Å². The van der Waals surface area contributed by atoms with E-state index < -0.39 is 5.54 Å². The Morgan fingerprint density at radius 3 is 2.56 bits per heavy atom. The summed E-state index contributed by atoms with van der Waals surface area (Å²) >= 11 is 1.80. The molecule has 0 aliphatic carbocycles. The van der Waals surface area contributed by atoms with E-state index in [0.29, 0.717) is 6.61 Å². The SMILES string of the molecule is CCOC(=O)C(C)(CSCCC(C)C)NC. The molecule has 0 amide bonds. The average molecular weight is 247 g/mol. The van der Waals surface area contributed by atoms with Gasteiger partial charge in [-0.05, 0) is 39.0 Å². The zero-order valence-corrected chi connectivity index (χ0v) is 11.9. The summed E-state index contributed by atoms with van der Waals surface area (Å²) < 4.78 is 5.06. The Balaban J connectivity index is 4.01. The molecule has 0 aromatic rings. The maximum atomic E-state index is 11.7. The Labute approximate surface area is 104 Å². The molecule has 1 N–H and O–H groups in total. The van der Waals surface area contributed by atoms with Crippen molar-refractivity contribution in [2.24, 2.45) is 5.92 Å². The third-order valence-corrected chi connectivity index (χ3v) is 3.81. The Hall–Kier alpha value is -0.220. The molecule has 1 atom stereocenters. The first-order chi connectivity index (χ1) is 7.46. The lowest BCUT2D eigenvalue weighted by atomic mass is 10.1. The monoisotopic (exact) mass is 247 g/mol. The topological polar surface area (TPSA) is 38.3 Å². The molecule has 0 radical (unpaired) electrons. The van der Waals surface area contributed by atoms with Crippen LogP contribution in [0.1, 0.15) is 34.1 Å². The third-order valence-electron chi connectivity index (χ3n) is 2.51. The molecule has 0 heterocycles. The average Bonchev–Trinajstić information content (AvgIpc) is 2.24. The normalized spacial score (nSPS) is 14.9. The standard InChI is InChI=1S/C12H25NO2S/c1-6-15-11(14)12(4,13-5)9-16-8-7-10(2)3/h10,13H,6-9H2,1-5H3. The number of hydrogen-bond donors (Lipinski definition) is 1. The van der Waals surface area contributed by atoms with Crippen molar-refractivity contribution in [1.82, 2.24) is 5.32 Å². The van der Waals surface area contributed by atoms with Gasteiger partial charge in [0.25, 0.3) is 0 Å². The van der Waals surface area contributed by atoms with Gasteiger partial charge in [0.15, 0.2) is 0 Å². The minimum atomic E-state index is -0.558. The summed E-state index contributed by atoms with van der Waals surface area (Å²) in [4.78, 5) is 11.7. The first-order valence-corrected chi connectivity index (χ1v) is 7.05. The van der Waals surface area contributed by atoms with Crippen LogP contribution in [0.2, 0.25) is 0 Å². The fourth-order valence-electron chi connectivity index (χ4n) is 1.12. The molecule has 0 fully saturated rings. The minimum Gasteiger partial charge on any atom is -0.465 e. The summed E-state index contributed by atoms with van der Waals surface area (Å²) in [6.45, 7) is 8.59. The molecular weight excluding hydrogens is 222 g/mol. The lowest BCUT2D eigenvalue weighted by Gasteiger charge is -2.26. The van der Waals surface area contributed by atoms with E-state index in [1.165, 1.54) is 6.42 Å². The highest BCUT2D eigenvalue weighted by atomic mass is 32.2. The molecule has 16 heavy (non-hydrogen) atoms. The van der Waals surface area contributed by atoms with Crippen molar-refractivity contribution >= 4 is 17.7 Å². The van der Waals surface area contributed by atoms with Crippen LogP contribution in [0.4, 0.5) is 0 Å². The lowest BCUT2D eigenvalue weighted by molar-refractivity contribution is -0.149. The Morgan fingerprint density at radius 2 is 2.12 bits per heavy atom. The molecule has 4 heteroatoms. The van der Waals surface area contributed by atoms with Gasteiger partial charge in [-0.25, -0.2) is 0 Å². The first kappa shape index (κ1) is 15.8.